The summed E-state index contributed by atoms with van der Waals surface area (Å²) in [6.45, 7) is 0. The number of nitrogens with zero attached hydrogens (tertiary/aromatic N) is 3. The first-order valence-corrected chi connectivity index (χ1v) is 4.13. The molecule has 1 aromatic heterocycles. The molecule has 1 heterocycles. The van der Waals surface area contributed by atoms with Gasteiger partial charge in [-0.25, -0.2) is 0 Å². The lowest BCUT2D eigenvalue weighted by molar-refractivity contribution is 0.410. The van der Waals surface area contributed by atoms with Gasteiger partial charge in [-0.05, 0) is 12.1 Å². The molecule has 0 aliphatic carbocycles. The molecule has 0 unspecified atom stereocenters. The summed E-state index contributed by atoms with van der Waals surface area (Å²) in [7, 11) is 0.501. The molecule has 0 aliphatic heterocycles. The smallest absolute Gasteiger partial charge is 0.535 e. The van der Waals surface area contributed by atoms with Crippen LogP contribution in [0.25, 0.3) is 5.69 Å². The monoisotopic (exact) mass is 204 g/mol. The van der Waals surface area contributed by atoms with Crippen molar-refractivity contribution in [1.82, 2.24) is 15.0 Å². The van der Waals surface area contributed by atoms with Gasteiger partial charge in [0.05, 0.1) is 18.1 Å². The predicted molar refractivity (Wildman–Crippen MR) is 51.6 cm³/mol. The van der Waals surface area contributed by atoms with Gasteiger partial charge in [-0.3, -0.25) is 0 Å². The summed E-state index contributed by atoms with van der Waals surface area (Å²) in [5.74, 6) is 0.0588. The number of rotatable bonds is 3. The van der Waals surface area contributed by atoms with Crippen LogP contribution in [0.1, 0.15) is 0 Å². The van der Waals surface area contributed by atoms with Crippen LogP contribution in [0.15, 0.2) is 30.6 Å². The third-order valence-corrected chi connectivity index (χ3v) is 1.77. The lowest BCUT2D eigenvalue weighted by Gasteiger charge is -2.06. The molecule has 0 bridgehead atoms. The van der Waals surface area contributed by atoms with Crippen molar-refractivity contribution in [2.24, 2.45) is 0 Å². The molecule has 0 amide bonds. The first-order chi connectivity index (χ1) is 7.31. The zero-order valence-electron chi connectivity index (χ0n) is 7.61. The van der Waals surface area contributed by atoms with Crippen molar-refractivity contribution in [3.05, 3.63) is 30.6 Å². The van der Waals surface area contributed by atoms with Crippen molar-refractivity contribution in [3.8, 4) is 17.2 Å². The number of phenols is 1. The van der Waals surface area contributed by atoms with E-state index in [0.717, 1.165) is 0 Å². The highest BCUT2D eigenvalue weighted by molar-refractivity contribution is 6.17. The molecule has 1 radical (unpaired) electrons. The molecule has 0 fully saturated rings. The largest absolute Gasteiger partial charge is 0.569 e. The van der Waals surface area contributed by atoms with Crippen LogP contribution in [0.3, 0.4) is 0 Å². The second kappa shape index (κ2) is 4.01. The van der Waals surface area contributed by atoms with Crippen molar-refractivity contribution in [1.29, 1.82) is 0 Å². The van der Waals surface area contributed by atoms with Crippen LogP contribution in [0.4, 0.5) is 0 Å². The van der Waals surface area contributed by atoms with E-state index in [-0.39, 0.29) is 11.5 Å². The van der Waals surface area contributed by atoms with Crippen molar-refractivity contribution >= 4 is 7.69 Å². The molecule has 2 aromatic rings. The van der Waals surface area contributed by atoms with Gasteiger partial charge in [0.25, 0.3) is 0 Å². The van der Waals surface area contributed by atoms with E-state index in [0.29, 0.717) is 13.4 Å². The van der Waals surface area contributed by atoms with Gasteiger partial charge in [0.15, 0.2) is 5.75 Å². The molecule has 0 saturated heterocycles. The first-order valence-electron chi connectivity index (χ1n) is 4.13. The number of aromatic hydroxyl groups is 1. The molecule has 75 valence electrons. The zero-order valence-corrected chi connectivity index (χ0v) is 7.61. The molecule has 6 nitrogen and oxygen atoms in total. The maximum absolute atomic E-state index is 9.50. The summed E-state index contributed by atoms with van der Waals surface area (Å²) < 4.78 is 4.64. The number of aromatic nitrogens is 3. The van der Waals surface area contributed by atoms with Crippen LogP contribution in [0.2, 0.25) is 0 Å². The molecule has 0 saturated carbocycles. The molecular weight excluding hydrogens is 197 g/mol. The topological polar surface area (TPSA) is 80.4 Å². The highest BCUT2D eigenvalue weighted by Crippen LogP contribution is 2.27. The molecule has 0 spiro atoms. The normalized spacial score (nSPS) is 9.93. The molecule has 7 heteroatoms. The molecule has 2 N–H and O–H groups in total. The molecule has 15 heavy (non-hydrogen) atoms. The Morgan fingerprint density at radius 3 is 2.60 bits per heavy atom. The molecule has 1 aromatic carbocycles. The van der Waals surface area contributed by atoms with Crippen molar-refractivity contribution < 1.29 is 14.8 Å². The number of benzene rings is 1. The van der Waals surface area contributed by atoms with Crippen LogP contribution >= 0.6 is 0 Å². The first kappa shape index (κ1) is 9.54. The molecule has 2 rings (SSSR count). The van der Waals surface area contributed by atoms with Crippen LogP contribution in [0.5, 0.6) is 11.5 Å². The van der Waals surface area contributed by atoms with E-state index in [2.05, 4.69) is 14.9 Å². The van der Waals surface area contributed by atoms with E-state index >= 15 is 0 Å². The van der Waals surface area contributed by atoms with Gasteiger partial charge >= 0.3 is 7.69 Å². The lowest BCUT2D eigenvalue weighted by atomic mass is 10.2. The zero-order chi connectivity index (χ0) is 10.7. The SMILES string of the molecule is O[B]Oc1ccc(-n2nccn2)cc1O. The Labute approximate surface area is 86.0 Å². The van der Waals surface area contributed by atoms with Gasteiger partial charge in [0.2, 0.25) is 0 Å². The van der Waals surface area contributed by atoms with E-state index in [1.54, 1.807) is 6.07 Å². The Hall–Kier alpha value is -2.02. The third-order valence-electron chi connectivity index (χ3n) is 1.77. The number of hydrogen-bond acceptors (Lipinski definition) is 5. The fraction of sp³-hybridized carbons (Fsp3) is 0. The minimum absolute atomic E-state index is 0.102. The minimum Gasteiger partial charge on any atom is -0.535 e. The van der Waals surface area contributed by atoms with Crippen molar-refractivity contribution in [2.45, 2.75) is 0 Å². The summed E-state index contributed by atoms with van der Waals surface area (Å²) in [6.07, 6.45) is 3.06. The van der Waals surface area contributed by atoms with E-state index in [4.69, 9.17) is 5.02 Å². The summed E-state index contributed by atoms with van der Waals surface area (Å²) in [6, 6.07) is 4.58. The van der Waals surface area contributed by atoms with Gasteiger partial charge in [-0.1, -0.05) is 0 Å². The summed E-state index contributed by atoms with van der Waals surface area (Å²) >= 11 is 0. The Morgan fingerprint density at radius 2 is 2.00 bits per heavy atom. The number of phenolic OH excluding ortho intramolecular Hbond substituents is 1. The highest BCUT2D eigenvalue weighted by atomic mass is 16.5. The van der Waals surface area contributed by atoms with Crippen LogP contribution < -0.4 is 4.65 Å². The minimum atomic E-state index is -0.102. The molecular formula is C8H7BN3O3. The van der Waals surface area contributed by atoms with E-state index in [9.17, 15) is 5.11 Å². The quantitative estimate of drug-likeness (QED) is 0.681. The van der Waals surface area contributed by atoms with E-state index in [1.165, 1.54) is 29.3 Å². The fourth-order valence-electron chi connectivity index (χ4n) is 1.14. The van der Waals surface area contributed by atoms with Gasteiger partial charge in [0, 0.05) is 6.07 Å². The second-order valence-corrected chi connectivity index (χ2v) is 2.69. The molecule has 0 atom stereocenters. The van der Waals surface area contributed by atoms with E-state index < -0.39 is 0 Å². The highest BCUT2D eigenvalue weighted by Gasteiger charge is 2.05. The fourth-order valence-corrected chi connectivity index (χ4v) is 1.14. The van der Waals surface area contributed by atoms with Crippen LogP contribution in [0, 0.1) is 0 Å². The van der Waals surface area contributed by atoms with Crippen molar-refractivity contribution in [2.75, 3.05) is 0 Å². The van der Waals surface area contributed by atoms with Gasteiger partial charge in [0.1, 0.15) is 5.75 Å². The Balaban J connectivity index is 2.33. The Bertz CT molecular complexity index is 446. The maximum atomic E-state index is 9.50. The maximum Gasteiger partial charge on any atom is 0.569 e. The van der Waals surface area contributed by atoms with E-state index in [1.807, 2.05) is 0 Å². The second-order valence-electron chi connectivity index (χ2n) is 2.69. The number of hydrogen-bond donors (Lipinski definition) is 2. The molecule has 0 aliphatic rings. The Morgan fingerprint density at radius 1 is 1.27 bits per heavy atom. The average molecular weight is 204 g/mol. The van der Waals surface area contributed by atoms with Crippen molar-refractivity contribution in [3.63, 3.8) is 0 Å². The van der Waals surface area contributed by atoms with Crippen LogP contribution in [-0.4, -0.2) is 32.8 Å². The van der Waals surface area contributed by atoms with Gasteiger partial charge in [-0.2, -0.15) is 15.0 Å². The Kier molecular flexibility index (Phi) is 2.55. The standard InChI is InChI=1S/C8H7BN3O3/c13-7-5-6(12-10-3-4-11-12)1-2-8(7)15-9-14/h1-5,13-14H. The summed E-state index contributed by atoms with van der Waals surface area (Å²) in [5, 5.41) is 25.7. The summed E-state index contributed by atoms with van der Waals surface area (Å²) in [4.78, 5) is 1.35. The third kappa shape index (κ3) is 1.91. The van der Waals surface area contributed by atoms with Gasteiger partial charge < -0.3 is 14.8 Å². The lowest BCUT2D eigenvalue weighted by Crippen LogP contribution is -2.02. The van der Waals surface area contributed by atoms with Gasteiger partial charge in [-0.15, -0.1) is 0 Å². The van der Waals surface area contributed by atoms with Crippen LogP contribution in [-0.2, 0) is 0 Å². The summed E-state index contributed by atoms with van der Waals surface area (Å²) in [5.41, 5.74) is 0.600. The average Bonchev–Trinajstić information content (AvgIpc) is 2.74. The predicted octanol–water partition coefficient (Wildman–Crippen LogP) is -0.122.